The van der Waals surface area contributed by atoms with Crippen LogP contribution in [0.2, 0.25) is 0 Å². The summed E-state index contributed by atoms with van der Waals surface area (Å²) in [6, 6.07) is 5.95. The summed E-state index contributed by atoms with van der Waals surface area (Å²) in [6.07, 6.45) is 0. The van der Waals surface area contributed by atoms with E-state index in [0.29, 0.717) is 23.6 Å². The van der Waals surface area contributed by atoms with E-state index in [2.05, 4.69) is 17.2 Å². The molecule has 3 rings (SSSR count). The summed E-state index contributed by atoms with van der Waals surface area (Å²) in [4.78, 5) is 18.8. The zero-order valence-corrected chi connectivity index (χ0v) is 10.9. The van der Waals surface area contributed by atoms with Crippen LogP contribution in [0.4, 0.5) is 0 Å². The highest BCUT2D eigenvalue weighted by molar-refractivity contribution is 5.92. The largest absolute Gasteiger partial charge is 0.334 e. The zero-order valence-electron chi connectivity index (χ0n) is 10.9. The molecule has 1 aromatic rings. The normalized spacial score (nSPS) is 30.6. The second-order valence-corrected chi connectivity index (χ2v) is 5.44. The van der Waals surface area contributed by atoms with Crippen LogP contribution < -0.4 is 5.32 Å². The number of carbonyl (C=O) groups excluding carboxylic acids is 1. The highest BCUT2D eigenvalue weighted by Gasteiger charge is 2.43. The van der Waals surface area contributed by atoms with Gasteiger partial charge in [-0.1, -0.05) is 6.07 Å². The van der Waals surface area contributed by atoms with Crippen LogP contribution in [0.25, 0.3) is 0 Å². The average Bonchev–Trinajstić information content (AvgIpc) is 2.92. The van der Waals surface area contributed by atoms with Gasteiger partial charge in [0.2, 0.25) is 0 Å². The summed E-state index contributed by atoms with van der Waals surface area (Å²) in [5, 5.41) is 3.41. The topological polar surface area (TPSA) is 45.2 Å². The van der Waals surface area contributed by atoms with E-state index in [4.69, 9.17) is 0 Å². The van der Waals surface area contributed by atoms with Crippen molar-refractivity contribution in [2.45, 2.75) is 19.9 Å². The molecule has 0 saturated carbocycles. The second-order valence-electron chi connectivity index (χ2n) is 5.44. The molecule has 3 atom stereocenters. The molecule has 18 heavy (non-hydrogen) atoms. The van der Waals surface area contributed by atoms with Gasteiger partial charge in [-0.2, -0.15) is 0 Å². The predicted octanol–water partition coefficient (Wildman–Crippen LogP) is 1.07. The molecule has 0 spiro atoms. The van der Waals surface area contributed by atoms with E-state index in [1.54, 1.807) is 0 Å². The van der Waals surface area contributed by atoms with E-state index >= 15 is 0 Å². The van der Waals surface area contributed by atoms with Gasteiger partial charge in [-0.15, -0.1) is 0 Å². The van der Waals surface area contributed by atoms with Crippen LogP contribution in [0.15, 0.2) is 18.2 Å². The molecule has 1 amide bonds. The molecule has 1 aromatic heterocycles. The predicted molar refractivity (Wildman–Crippen MR) is 69.3 cm³/mol. The Balaban J connectivity index is 1.81. The van der Waals surface area contributed by atoms with Gasteiger partial charge < -0.3 is 10.2 Å². The lowest BCUT2D eigenvalue weighted by Crippen LogP contribution is -2.38. The quantitative estimate of drug-likeness (QED) is 0.805. The molecule has 2 aliphatic rings. The Hall–Kier alpha value is -1.42. The third kappa shape index (κ3) is 1.81. The Morgan fingerprint density at radius 3 is 3.00 bits per heavy atom. The molecule has 2 aliphatic heterocycles. The number of aromatic nitrogens is 1. The second kappa shape index (κ2) is 4.35. The molecule has 2 saturated heterocycles. The zero-order chi connectivity index (χ0) is 12.7. The number of likely N-dealkylation sites (tertiary alicyclic amines) is 1. The molecule has 3 unspecified atom stereocenters. The first-order valence-electron chi connectivity index (χ1n) is 6.62. The summed E-state index contributed by atoms with van der Waals surface area (Å²) in [6.45, 7) is 7.03. The molecule has 3 heterocycles. The van der Waals surface area contributed by atoms with Crippen molar-refractivity contribution in [1.29, 1.82) is 0 Å². The molecule has 0 aromatic carbocycles. The highest BCUT2D eigenvalue weighted by Crippen LogP contribution is 2.32. The van der Waals surface area contributed by atoms with Gasteiger partial charge in [0.1, 0.15) is 5.69 Å². The Morgan fingerprint density at radius 1 is 1.44 bits per heavy atom. The Bertz CT molecular complexity index is 474. The number of pyridine rings is 1. The lowest BCUT2D eigenvalue weighted by molar-refractivity contribution is 0.0722. The lowest BCUT2D eigenvalue weighted by atomic mass is 9.95. The van der Waals surface area contributed by atoms with Crippen molar-refractivity contribution in [1.82, 2.24) is 15.2 Å². The first-order chi connectivity index (χ1) is 8.66. The summed E-state index contributed by atoms with van der Waals surface area (Å²) in [5.41, 5.74) is 1.48. The van der Waals surface area contributed by atoms with Gasteiger partial charge in [-0.3, -0.25) is 4.79 Å². The Morgan fingerprint density at radius 2 is 2.28 bits per heavy atom. The minimum Gasteiger partial charge on any atom is -0.334 e. The maximum absolute atomic E-state index is 12.5. The van der Waals surface area contributed by atoms with E-state index in [0.717, 1.165) is 25.3 Å². The summed E-state index contributed by atoms with van der Waals surface area (Å²) in [5.74, 6) is 1.31. The van der Waals surface area contributed by atoms with Crippen molar-refractivity contribution in [3.63, 3.8) is 0 Å². The number of nitrogens with one attached hydrogen (secondary N) is 1. The van der Waals surface area contributed by atoms with Gasteiger partial charge in [-0.05, 0) is 37.8 Å². The smallest absolute Gasteiger partial charge is 0.272 e. The minimum absolute atomic E-state index is 0.0839. The van der Waals surface area contributed by atoms with Gasteiger partial charge in [-0.25, -0.2) is 4.98 Å². The fourth-order valence-corrected chi connectivity index (χ4v) is 3.25. The van der Waals surface area contributed by atoms with Crippen LogP contribution in [0.1, 0.15) is 23.1 Å². The Labute approximate surface area is 107 Å². The number of carbonyl (C=O) groups is 1. The van der Waals surface area contributed by atoms with Gasteiger partial charge in [0.15, 0.2) is 0 Å². The van der Waals surface area contributed by atoms with Crippen LogP contribution in [-0.2, 0) is 0 Å². The minimum atomic E-state index is 0.0839. The van der Waals surface area contributed by atoms with Crippen molar-refractivity contribution >= 4 is 5.91 Å². The maximum atomic E-state index is 12.5. The van der Waals surface area contributed by atoms with Crippen LogP contribution in [0.5, 0.6) is 0 Å². The maximum Gasteiger partial charge on any atom is 0.272 e. The van der Waals surface area contributed by atoms with Crippen molar-refractivity contribution in [3.8, 4) is 0 Å². The number of amides is 1. The van der Waals surface area contributed by atoms with Crippen LogP contribution in [0, 0.1) is 18.8 Å². The Kier molecular flexibility index (Phi) is 2.82. The van der Waals surface area contributed by atoms with E-state index in [1.165, 1.54) is 0 Å². The van der Waals surface area contributed by atoms with Crippen molar-refractivity contribution < 1.29 is 4.79 Å². The lowest BCUT2D eigenvalue weighted by Gasteiger charge is -2.24. The molecule has 0 bridgehead atoms. The first kappa shape index (κ1) is 11.7. The molecule has 0 radical (unpaired) electrons. The fourth-order valence-electron chi connectivity index (χ4n) is 3.25. The van der Waals surface area contributed by atoms with E-state index < -0.39 is 0 Å². The third-order valence-electron chi connectivity index (χ3n) is 4.30. The third-order valence-corrected chi connectivity index (χ3v) is 4.30. The van der Waals surface area contributed by atoms with Gasteiger partial charge >= 0.3 is 0 Å². The molecular formula is C14H19N3O. The summed E-state index contributed by atoms with van der Waals surface area (Å²) < 4.78 is 0. The average molecular weight is 245 g/mol. The number of nitrogens with zero attached hydrogens (tertiary/aromatic N) is 2. The molecular weight excluding hydrogens is 226 g/mol. The molecule has 4 nitrogen and oxygen atoms in total. The standard InChI is InChI=1S/C14H19N3O/c1-9-4-3-5-13(16-9)14(18)17-8-11-6-15-7-12(11)10(17)2/h3-5,10-12,15H,6-8H2,1-2H3. The molecule has 2 fully saturated rings. The SMILES string of the molecule is Cc1cccc(C(=O)N2CC3CNCC3C2C)n1. The molecule has 4 heteroatoms. The van der Waals surface area contributed by atoms with Crippen molar-refractivity contribution in [2.24, 2.45) is 11.8 Å². The van der Waals surface area contributed by atoms with E-state index in [-0.39, 0.29) is 5.91 Å². The van der Waals surface area contributed by atoms with Gasteiger partial charge in [0, 0.05) is 31.4 Å². The molecule has 96 valence electrons. The fraction of sp³-hybridized carbons (Fsp3) is 0.571. The van der Waals surface area contributed by atoms with Crippen LogP contribution >= 0.6 is 0 Å². The molecule has 1 N–H and O–H groups in total. The van der Waals surface area contributed by atoms with Gasteiger partial charge in [0.25, 0.3) is 5.91 Å². The number of fused-ring (bicyclic) bond motifs is 1. The number of rotatable bonds is 1. The first-order valence-corrected chi connectivity index (χ1v) is 6.62. The van der Waals surface area contributed by atoms with E-state index in [1.807, 2.05) is 30.0 Å². The number of hydrogen-bond acceptors (Lipinski definition) is 3. The summed E-state index contributed by atoms with van der Waals surface area (Å²) >= 11 is 0. The number of aryl methyl sites for hydroxylation is 1. The van der Waals surface area contributed by atoms with Crippen LogP contribution in [-0.4, -0.2) is 41.5 Å². The summed E-state index contributed by atoms with van der Waals surface area (Å²) in [7, 11) is 0. The molecule has 0 aliphatic carbocycles. The van der Waals surface area contributed by atoms with Crippen molar-refractivity contribution in [2.75, 3.05) is 19.6 Å². The van der Waals surface area contributed by atoms with Crippen molar-refractivity contribution in [3.05, 3.63) is 29.6 Å². The number of hydrogen-bond donors (Lipinski definition) is 1. The van der Waals surface area contributed by atoms with E-state index in [9.17, 15) is 4.79 Å². The van der Waals surface area contributed by atoms with Gasteiger partial charge in [0.05, 0.1) is 0 Å². The highest BCUT2D eigenvalue weighted by atomic mass is 16.2. The van der Waals surface area contributed by atoms with Crippen LogP contribution in [0.3, 0.4) is 0 Å². The monoisotopic (exact) mass is 245 g/mol.